The lowest BCUT2D eigenvalue weighted by Gasteiger charge is -2.31. The van der Waals surface area contributed by atoms with Gasteiger partial charge in [0.1, 0.15) is 6.10 Å². The van der Waals surface area contributed by atoms with Crippen LogP contribution in [-0.2, 0) is 30.7 Å². The van der Waals surface area contributed by atoms with E-state index < -0.39 is 34.4 Å². The molecule has 3 aliphatic heterocycles. The van der Waals surface area contributed by atoms with Crippen molar-refractivity contribution in [3.05, 3.63) is 54.1 Å². The maximum atomic E-state index is 13.7. The SMILES string of the molecule is CC(C)CN(C[C@@H](O)[C@H](Cc1ccccc1)NC(=O)O[C@H]1CO[C@H]2OCCC21)S(=O)(=O)c1ccc2c(c1)OCO2. The van der Waals surface area contributed by atoms with Crippen molar-refractivity contribution in [1.29, 1.82) is 0 Å². The monoisotopic (exact) mass is 576 g/mol. The van der Waals surface area contributed by atoms with Crippen LogP contribution >= 0.6 is 0 Å². The molecule has 0 bridgehead atoms. The maximum absolute atomic E-state index is 13.7. The summed E-state index contributed by atoms with van der Waals surface area (Å²) in [7, 11) is -4.01. The molecule has 2 N–H and O–H groups in total. The van der Waals surface area contributed by atoms with Crippen LogP contribution in [0.15, 0.2) is 53.4 Å². The van der Waals surface area contributed by atoms with Crippen molar-refractivity contribution < 1.29 is 42.0 Å². The van der Waals surface area contributed by atoms with Gasteiger partial charge < -0.3 is 34.1 Å². The molecule has 3 aliphatic rings. The number of aliphatic hydroxyl groups excluding tert-OH is 1. The highest BCUT2D eigenvalue weighted by Crippen LogP contribution is 2.35. The molecule has 5 atom stereocenters. The Morgan fingerprint density at radius 1 is 1.10 bits per heavy atom. The van der Waals surface area contributed by atoms with Gasteiger partial charge in [-0.25, -0.2) is 13.2 Å². The molecular formula is C28H36N2O9S. The summed E-state index contributed by atoms with van der Waals surface area (Å²) in [6.45, 7) is 4.54. The molecule has 12 heteroatoms. The van der Waals surface area contributed by atoms with E-state index in [-0.39, 0.29) is 55.9 Å². The first-order valence-electron chi connectivity index (χ1n) is 13.5. The van der Waals surface area contributed by atoms with Gasteiger partial charge in [0.05, 0.1) is 36.2 Å². The highest BCUT2D eigenvalue weighted by Gasteiger charge is 2.44. The predicted molar refractivity (Wildman–Crippen MR) is 143 cm³/mol. The summed E-state index contributed by atoms with van der Waals surface area (Å²) in [6.07, 6.45) is -1.75. The summed E-state index contributed by atoms with van der Waals surface area (Å²) in [5.74, 6) is 0.772. The minimum absolute atomic E-state index is 0.0228. The Bertz CT molecular complexity index is 1270. The van der Waals surface area contributed by atoms with Gasteiger partial charge in [-0.2, -0.15) is 4.31 Å². The quantitative estimate of drug-likeness (QED) is 0.414. The summed E-state index contributed by atoms with van der Waals surface area (Å²) in [5, 5.41) is 14.2. The van der Waals surface area contributed by atoms with Crippen molar-refractivity contribution in [2.24, 2.45) is 11.8 Å². The number of alkyl carbamates (subject to hydrolysis) is 1. The molecule has 2 fully saturated rings. The average Bonchev–Trinajstić information content (AvgIpc) is 3.66. The molecule has 1 unspecified atom stereocenters. The van der Waals surface area contributed by atoms with E-state index in [2.05, 4.69) is 5.32 Å². The van der Waals surface area contributed by atoms with Gasteiger partial charge in [-0.1, -0.05) is 44.2 Å². The summed E-state index contributed by atoms with van der Waals surface area (Å²) >= 11 is 0. The van der Waals surface area contributed by atoms with Gasteiger partial charge in [-0.15, -0.1) is 0 Å². The van der Waals surface area contributed by atoms with Gasteiger partial charge in [-0.05, 0) is 36.5 Å². The van der Waals surface area contributed by atoms with E-state index in [9.17, 15) is 18.3 Å². The van der Waals surface area contributed by atoms with E-state index in [1.807, 2.05) is 44.2 Å². The number of nitrogens with one attached hydrogen (secondary N) is 1. The zero-order valence-electron chi connectivity index (χ0n) is 22.6. The van der Waals surface area contributed by atoms with Crippen molar-refractivity contribution in [2.45, 2.75) is 56.1 Å². The minimum atomic E-state index is -4.01. The van der Waals surface area contributed by atoms with Gasteiger partial charge in [0.25, 0.3) is 0 Å². The van der Waals surface area contributed by atoms with E-state index in [4.69, 9.17) is 23.7 Å². The normalized spacial score (nSPS) is 23.3. The Morgan fingerprint density at radius 2 is 1.88 bits per heavy atom. The molecule has 0 spiro atoms. The number of ether oxygens (including phenoxy) is 5. The third-order valence-electron chi connectivity index (χ3n) is 7.25. The van der Waals surface area contributed by atoms with Gasteiger partial charge in [0, 0.05) is 19.2 Å². The molecule has 1 amide bonds. The number of fused-ring (bicyclic) bond motifs is 2. The second kappa shape index (κ2) is 12.3. The van der Waals surface area contributed by atoms with Crippen molar-refractivity contribution in [1.82, 2.24) is 9.62 Å². The molecular weight excluding hydrogens is 540 g/mol. The van der Waals surface area contributed by atoms with Gasteiger partial charge >= 0.3 is 6.09 Å². The summed E-state index contributed by atoms with van der Waals surface area (Å²) in [5.41, 5.74) is 0.870. The second-order valence-electron chi connectivity index (χ2n) is 10.7. The van der Waals surface area contributed by atoms with Crippen LogP contribution in [0, 0.1) is 11.8 Å². The minimum Gasteiger partial charge on any atom is -0.454 e. The standard InChI is InChI=1S/C28H36N2O9S/c1-18(2)14-30(40(33,34)20-8-9-24-25(13-20)38-17-37-24)15-23(31)22(12-19-6-4-3-5-7-19)29-28(32)39-26-16-36-27-21(26)10-11-35-27/h3-9,13,18,21-23,26-27,31H,10-12,14-17H2,1-2H3,(H,29,32)/t21?,22-,23+,26-,27+/m0/s1. The van der Waals surface area contributed by atoms with Crippen LogP contribution in [-0.4, -0.2) is 81.6 Å². The highest BCUT2D eigenvalue weighted by molar-refractivity contribution is 7.89. The molecule has 11 nitrogen and oxygen atoms in total. The third-order valence-corrected chi connectivity index (χ3v) is 9.08. The number of benzene rings is 2. The largest absolute Gasteiger partial charge is 0.454 e. The van der Waals surface area contributed by atoms with E-state index in [1.54, 1.807) is 6.07 Å². The molecule has 0 radical (unpaired) electrons. The Labute approximate surface area is 234 Å². The molecule has 0 saturated carbocycles. The Kier molecular flexibility index (Phi) is 8.81. The fraction of sp³-hybridized carbons (Fsp3) is 0.536. The van der Waals surface area contributed by atoms with Crippen molar-refractivity contribution in [3.8, 4) is 11.5 Å². The first-order valence-corrected chi connectivity index (χ1v) is 15.0. The van der Waals surface area contributed by atoms with Crippen molar-refractivity contribution in [2.75, 3.05) is 33.1 Å². The van der Waals surface area contributed by atoms with Crippen LogP contribution in [0.1, 0.15) is 25.8 Å². The Hall–Kier alpha value is -2.90. The van der Waals surface area contributed by atoms with Crippen LogP contribution in [0.2, 0.25) is 0 Å². The summed E-state index contributed by atoms with van der Waals surface area (Å²) in [6, 6.07) is 13.0. The average molecular weight is 577 g/mol. The smallest absolute Gasteiger partial charge is 0.407 e. The zero-order chi connectivity index (χ0) is 28.3. The van der Waals surface area contributed by atoms with E-state index in [1.165, 1.54) is 16.4 Å². The van der Waals surface area contributed by atoms with E-state index in [0.717, 1.165) is 12.0 Å². The molecule has 2 aromatic carbocycles. The molecule has 2 aromatic rings. The highest BCUT2D eigenvalue weighted by atomic mass is 32.2. The topological polar surface area (TPSA) is 133 Å². The van der Waals surface area contributed by atoms with E-state index >= 15 is 0 Å². The van der Waals surface area contributed by atoms with Crippen LogP contribution in [0.3, 0.4) is 0 Å². The first kappa shape index (κ1) is 28.6. The number of sulfonamides is 1. The first-order chi connectivity index (χ1) is 19.2. The van der Waals surface area contributed by atoms with Crippen LogP contribution in [0.4, 0.5) is 4.79 Å². The van der Waals surface area contributed by atoms with Crippen LogP contribution in [0.5, 0.6) is 11.5 Å². The Balaban J connectivity index is 1.33. The zero-order valence-corrected chi connectivity index (χ0v) is 23.4. The number of aliphatic hydroxyl groups is 1. The summed E-state index contributed by atoms with van der Waals surface area (Å²) in [4.78, 5) is 13.0. The number of nitrogens with zero attached hydrogens (tertiary/aromatic N) is 1. The van der Waals surface area contributed by atoms with Gasteiger partial charge in [-0.3, -0.25) is 0 Å². The second-order valence-corrected chi connectivity index (χ2v) is 12.6. The Morgan fingerprint density at radius 3 is 2.65 bits per heavy atom. The van der Waals surface area contributed by atoms with Crippen molar-refractivity contribution in [3.63, 3.8) is 0 Å². The molecule has 0 aromatic heterocycles. The van der Waals surface area contributed by atoms with Gasteiger partial charge in [0.15, 0.2) is 17.8 Å². The number of hydrogen-bond donors (Lipinski definition) is 2. The lowest BCUT2D eigenvalue weighted by molar-refractivity contribution is -0.0907. The fourth-order valence-electron chi connectivity index (χ4n) is 5.22. The lowest BCUT2D eigenvalue weighted by atomic mass is 10.0. The predicted octanol–water partition coefficient (Wildman–Crippen LogP) is 2.52. The molecule has 40 heavy (non-hydrogen) atoms. The number of carbonyl (C=O) groups excluding carboxylic acids is 1. The number of amides is 1. The molecule has 5 rings (SSSR count). The molecule has 218 valence electrons. The van der Waals surface area contributed by atoms with Gasteiger partial charge in [0.2, 0.25) is 16.8 Å². The van der Waals surface area contributed by atoms with E-state index in [0.29, 0.717) is 18.1 Å². The number of rotatable bonds is 11. The molecule has 3 heterocycles. The molecule has 0 aliphatic carbocycles. The number of hydrogen-bond acceptors (Lipinski definition) is 9. The number of carbonyl (C=O) groups is 1. The fourth-order valence-corrected chi connectivity index (χ4v) is 6.86. The maximum Gasteiger partial charge on any atom is 0.407 e. The third kappa shape index (κ3) is 6.52. The van der Waals surface area contributed by atoms with Crippen LogP contribution in [0.25, 0.3) is 0 Å². The molecule has 2 saturated heterocycles. The van der Waals surface area contributed by atoms with Crippen LogP contribution < -0.4 is 14.8 Å². The van der Waals surface area contributed by atoms with Crippen molar-refractivity contribution >= 4 is 16.1 Å². The lowest BCUT2D eigenvalue weighted by Crippen LogP contribution is -2.51. The summed E-state index contributed by atoms with van der Waals surface area (Å²) < 4.78 is 56.1.